The number of benzene rings is 4. The second-order valence-electron chi connectivity index (χ2n) is 14.5. The number of amides is 1. The minimum atomic E-state index is -1.43. The van der Waals surface area contributed by atoms with Gasteiger partial charge in [-0.1, -0.05) is 77.1 Å². The van der Waals surface area contributed by atoms with Crippen LogP contribution in [-0.2, 0) is 20.9 Å². The Bertz CT molecular complexity index is 2540. The Morgan fingerprint density at radius 2 is 1.37 bits per heavy atom. The van der Waals surface area contributed by atoms with E-state index in [1.165, 1.54) is 34.6 Å². The van der Waals surface area contributed by atoms with Crippen LogP contribution in [0.4, 0.5) is 10.1 Å². The first kappa shape index (κ1) is 48.8. The number of esters is 2. The first-order valence-corrected chi connectivity index (χ1v) is 22.0. The van der Waals surface area contributed by atoms with Gasteiger partial charge in [-0.05, 0) is 114 Å². The number of aliphatic hydroxyl groups excluding tert-OH is 2. The number of carboxylic acids is 1. The van der Waals surface area contributed by atoms with Crippen molar-refractivity contribution in [1.82, 2.24) is 4.57 Å². The zero-order chi connectivity index (χ0) is 43.6. The Hall–Kier alpha value is -4.20. The number of aliphatic carboxylic acids is 1. The van der Waals surface area contributed by atoms with Gasteiger partial charge < -0.3 is 39.5 Å². The first-order valence-electron chi connectivity index (χ1n) is 19.4. The van der Waals surface area contributed by atoms with Crippen LogP contribution in [0.25, 0.3) is 32.8 Å². The monoisotopic (exact) mass is 920 g/mol. The third-order valence-electron chi connectivity index (χ3n) is 9.60. The third kappa shape index (κ3) is 13.2. The number of carboxylic acid groups (broad SMARTS) is 1. The molecule has 6 rings (SSSR count). The van der Waals surface area contributed by atoms with Crippen LogP contribution in [0.2, 0.25) is 0 Å². The molecule has 0 aliphatic carbocycles. The maximum absolute atomic E-state index is 14.5. The van der Waals surface area contributed by atoms with E-state index in [1.54, 1.807) is 46.7 Å². The normalized spacial score (nSPS) is 12.0. The summed E-state index contributed by atoms with van der Waals surface area (Å²) in [5.74, 6) is -3.26. The fourth-order valence-electron chi connectivity index (χ4n) is 6.91. The quantitative estimate of drug-likeness (QED) is 0.0316. The Morgan fingerprint density at radius 1 is 0.790 bits per heavy atom. The van der Waals surface area contributed by atoms with Crippen molar-refractivity contribution in [3.8, 4) is 44.3 Å². The number of hydrogen-bond acceptors (Lipinski definition) is 12. The molecule has 2 atom stereocenters. The van der Waals surface area contributed by atoms with Crippen molar-refractivity contribution in [1.29, 1.82) is 0 Å². The SMILES string of the molecule is CC(C)c1c(C(=O)Nc2ccc(OC(=O)CCC(=O)Oc3ccc(-c4cc(=S)ss4)cc3)cc2)c(-c2ccccc2)c(-c2ccc(F)cc2)n1CC[C@@H](O)C[C@@H](O)CC(=O)[O-].[K+]. The molecule has 0 bridgehead atoms. The molecule has 0 fully saturated rings. The van der Waals surface area contributed by atoms with Crippen molar-refractivity contribution >= 4 is 62.4 Å². The second kappa shape index (κ2) is 22.9. The van der Waals surface area contributed by atoms with Gasteiger partial charge in [0.15, 0.2) is 0 Å². The minimum absolute atomic E-state index is 0. The number of aromatic nitrogens is 1. The molecular formula is C46H42FKN2O9S3. The number of nitrogens with one attached hydrogen (secondary N) is 1. The maximum atomic E-state index is 14.5. The molecule has 0 unspecified atom stereocenters. The first-order chi connectivity index (χ1) is 29.2. The van der Waals surface area contributed by atoms with Crippen LogP contribution in [0.5, 0.6) is 11.5 Å². The van der Waals surface area contributed by atoms with E-state index in [4.69, 9.17) is 21.7 Å². The molecule has 0 saturated heterocycles. The van der Waals surface area contributed by atoms with E-state index < -0.39 is 48.3 Å². The zero-order valence-corrected chi connectivity index (χ0v) is 39.7. The average Bonchev–Trinajstić information content (AvgIpc) is 3.82. The van der Waals surface area contributed by atoms with E-state index in [0.29, 0.717) is 45.1 Å². The van der Waals surface area contributed by atoms with Gasteiger partial charge in [-0.2, -0.15) is 0 Å². The molecule has 62 heavy (non-hydrogen) atoms. The molecule has 3 N–H and O–H groups in total. The number of nitrogens with zero attached hydrogens (tertiary/aromatic N) is 1. The van der Waals surface area contributed by atoms with E-state index in [2.05, 4.69) is 5.32 Å². The van der Waals surface area contributed by atoms with Gasteiger partial charge in [0.25, 0.3) is 5.91 Å². The number of ether oxygens (including phenoxy) is 2. The van der Waals surface area contributed by atoms with Crippen molar-refractivity contribution in [2.75, 3.05) is 5.32 Å². The summed E-state index contributed by atoms with van der Waals surface area (Å²) in [6.07, 6.45) is -3.53. The standard InChI is InChI=1S/C46H43FN2O9S3.K/c1-27(2)44-43(42(29-6-4-3-5-7-29)45(30-8-12-31(47)13-9-30)49(44)23-22-33(50)24-34(51)25-38(52)53)46(56)48-32-14-18-36(19-15-32)58-40(55)21-20-39(54)57-35-16-10-28(11-17-35)37-26-41(59)61-60-37;/h3-19,26-27,33-34,50-51H,20-25H2,1-2H3,(H,48,56)(H,52,53);/q;+1/p-1/t33-,34-;/m1./s1. The average molecular weight is 921 g/mol. The van der Waals surface area contributed by atoms with E-state index in [9.17, 15) is 38.9 Å². The molecule has 11 nitrogen and oxygen atoms in total. The molecule has 0 aliphatic rings. The minimum Gasteiger partial charge on any atom is -0.550 e. The molecule has 1 amide bonds. The number of anilines is 1. The van der Waals surface area contributed by atoms with Crippen LogP contribution in [-0.4, -0.2) is 50.8 Å². The fourth-order valence-corrected chi connectivity index (χ4v) is 9.31. The third-order valence-corrected chi connectivity index (χ3v) is 12.5. The van der Waals surface area contributed by atoms with E-state index in [0.717, 1.165) is 14.3 Å². The van der Waals surface area contributed by atoms with E-state index >= 15 is 0 Å². The summed E-state index contributed by atoms with van der Waals surface area (Å²) in [5.41, 5.74) is 4.83. The second-order valence-corrected chi connectivity index (χ2v) is 17.4. The molecule has 16 heteroatoms. The maximum Gasteiger partial charge on any atom is 1.00 e. The van der Waals surface area contributed by atoms with Gasteiger partial charge in [-0.25, -0.2) is 4.39 Å². The van der Waals surface area contributed by atoms with Crippen LogP contribution < -0.4 is 71.3 Å². The molecule has 4 aromatic carbocycles. The molecule has 2 aromatic heterocycles. The summed E-state index contributed by atoms with van der Waals surface area (Å²) in [7, 11) is 3.08. The zero-order valence-electron chi connectivity index (χ0n) is 34.2. The van der Waals surface area contributed by atoms with Crippen molar-refractivity contribution < 1.29 is 99.7 Å². The largest absolute Gasteiger partial charge is 1.00 e. The van der Waals surface area contributed by atoms with Gasteiger partial charge in [0.05, 0.1) is 36.3 Å². The Morgan fingerprint density at radius 3 is 1.92 bits per heavy atom. The van der Waals surface area contributed by atoms with Crippen LogP contribution >= 0.6 is 32.9 Å². The van der Waals surface area contributed by atoms with Gasteiger partial charge in [-0.15, -0.1) is 0 Å². The van der Waals surface area contributed by atoms with Gasteiger partial charge >= 0.3 is 63.3 Å². The molecule has 0 aliphatic heterocycles. The molecule has 6 aromatic rings. The Kier molecular flexibility index (Phi) is 18.1. The summed E-state index contributed by atoms with van der Waals surface area (Å²) < 4.78 is 27.8. The smallest absolute Gasteiger partial charge is 0.550 e. The Balaban J connectivity index is 0.00000726. The number of carbonyl (C=O) groups excluding carboxylic acids is 4. The summed E-state index contributed by atoms with van der Waals surface area (Å²) in [6, 6.07) is 30.3. The molecule has 0 spiro atoms. The summed E-state index contributed by atoms with van der Waals surface area (Å²) >= 11 is 5.20. The van der Waals surface area contributed by atoms with Crippen LogP contribution in [0.1, 0.15) is 67.9 Å². The number of hydrogen-bond donors (Lipinski definition) is 3. The number of halogens is 1. The molecule has 2 heterocycles. The van der Waals surface area contributed by atoms with Crippen LogP contribution in [0.15, 0.2) is 109 Å². The molecular weight excluding hydrogens is 879 g/mol. The number of carbonyl (C=O) groups is 4. The fraction of sp³-hybridized carbons (Fsp3) is 0.239. The molecule has 0 saturated carbocycles. The summed E-state index contributed by atoms with van der Waals surface area (Å²) in [4.78, 5) is 51.7. The molecule has 316 valence electrons. The summed E-state index contributed by atoms with van der Waals surface area (Å²) in [5, 5.41) is 35.0. The predicted octanol–water partition coefficient (Wildman–Crippen LogP) is 5.79. The van der Waals surface area contributed by atoms with E-state index in [-0.39, 0.29) is 95.3 Å². The van der Waals surface area contributed by atoms with Crippen molar-refractivity contribution in [2.24, 2.45) is 0 Å². The van der Waals surface area contributed by atoms with Crippen molar-refractivity contribution in [3.05, 3.63) is 130 Å². The van der Waals surface area contributed by atoms with Gasteiger partial charge in [-0.3, -0.25) is 14.4 Å². The van der Waals surface area contributed by atoms with Crippen LogP contribution in [0, 0.1) is 9.64 Å². The van der Waals surface area contributed by atoms with Gasteiger partial charge in [0.1, 0.15) is 21.1 Å². The van der Waals surface area contributed by atoms with Crippen LogP contribution in [0.3, 0.4) is 0 Å². The number of rotatable bonds is 18. The van der Waals surface area contributed by atoms with Gasteiger partial charge in [0, 0.05) is 40.8 Å². The van der Waals surface area contributed by atoms with Crippen molar-refractivity contribution in [2.45, 2.75) is 70.6 Å². The predicted molar refractivity (Wildman–Crippen MR) is 234 cm³/mol. The number of aliphatic hydroxyl groups is 2. The molecule has 0 radical (unpaired) electrons. The summed E-state index contributed by atoms with van der Waals surface area (Å²) in [6.45, 7) is 4.03. The van der Waals surface area contributed by atoms with Crippen molar-refractivity contribution in [3.63, 3.8) is 0 Å². The van der Waals surface area contributed by atoms with Gasteiger partial charge in [0.2, 0.25) is 0 Å². The topological polar surface area (TPSA) is 167 Å². The van der Waals surface area contributed by atoms with E-state index in [1.807, 2.05) is 66.9 Å². The Labute approximate surface area is 413 Å².